The fraction of sp³-hybridized carbons (Fsp3) is 0.600. The van der Waals surface area contributed by atoms with Gasteiger partial charge in [0.05, 0.1) is 11.0 Å². The van der Waals surface area contributed by atoms with Crippen molar-refractivity contribution in [3.8, 4) is 0 Å². The molecule has 0 spiro atoms. The Morgan fingerprint density at radius 3 is 2.70 bits per heavy atom. The van der Waals surface area contributed by atoms with Crippen molar-refractivity contribution in [3.63, 3.8) is 0 Å². The smallest absolute Gasteiger partial charge is 0.295 e. The van der Waals surface area contributed by atoms with E-state index < -0.39 is 10.7 Å². The van der Waals surface area contributed by atoms with Crippen molar-refractivity contribution < 1.29 is 9.31 Å². The second-order valence-corrected chi connectivity index (χ2v) is 5.60. The zero-order valence-electron chi connectivity index (χ0n) is 11.8. The molecule has 1 aromatic rings. The van der Waals surface area contributed by atoms with E-state index in [9.17, 15) is 14.5 Å². The van der Waals surface area contributed by atoms with Gasteiger partial charge in [-0.15, -0.1) is 0 Å². The number of hydrogen-bond acceptors (Lipinski definition) is 3. The Kier molecular flexibility index (Phi) is 4.93. The van der Waals surface area contributed by atoms with Gasteiger partial charge in [-0.2, -0.15) is 0 Å². The molecule has 0 unspecified atom stereocenters. The number of nitro benzene ring substituents is 1. The molecule has 1 aromatic carbocycles. The van der Waals surface area contributed by atoms with Crippen LogP contribution in [0.3, 0.4) is 0 Å². The fourth-order valence-electron chi connectivity index (χ4n) is 2.85. The number of nitrogens with one attached hydrogen (secondary N) is 1. The van der Waals surface area contributed by atoms with E-state index in [1.165, 1.54) is 38.2 Å². The molecule has 2 rings (SSSR count). The van der Waals surface area contributed by atoms with Crippen LogP contribution in [-0.2, 0) is 0 Å². The molecular weight excluding hydrogens is 259 g/mol. The molecule has 0 heterocycles. The van der Waals surface area contributed by atoms with Crippen LogP contribution in [-0.4, -0.2) is 11.5 Å². The van der Waals surface area contributed by atoms with Gasteiger partial charge in [-0.05, 0) is 30.9 Å². The molecule has 110 valence electrons. The van der Waals surface area contributed by atoms with E-state index in [1.54, 1.807) is 6.92 Å². The van der Waals surface area contributed by atoms with Gasteiger partial charge in [0.2, 0.25) is 0 Å². The van der Waals surface area contributed by atoms with E-state index in [2.05, 4.69) is 5.32 Å². The van der Waals surface area contributed by atoms with Gasteiger partial charge in [0.25, 0.3) is 5.69 Å². The molecule has 0 atom stereocenters. The second kappa shape index (κ2) is 6.68. The lowest BCUT2D eigenvalue weighted by Crippen LogP contribution is -2.13. The van der Waals surface area contributed by atoms with Crippen LogP contribution in [0.15, 0.2) is 12.1 Å². The third-order valence-corrected chi connectivity index (χ3v) is 4.07. The second-order valence-electron chi connectivity index (χ2n) is 5.60. The molecule has 5 heteroatoms. The topological polar surface area (TPSA) is 55.2 Å². The number of nitrogens with zero attached hydrogens (tertiary/aromatic N) is 1. The van der Waals surface area contributed by atoms with Gasteiger partial charge in [-0.1, -0.05) is 32.1 Å². The molecular formula is C15H21FN2O2. The Morgan fingerprint density at radius 1 is 1.35 bits per heavy atom. The first-order chi connectivity index (χ1) is 9.58. The standard InChI is InChI=1S/C15H21FN2O2/c1-11-9-14(15(18(19)20)10-13(11)16)17-8-7-12-5-3-2-4-6-12/h9-10,12,17H,2-8H2,1H3. The number of nitro groups is 1. The minimum absolute atomic E-state index is 0.184. The lowest BCUT2D eigenvalue weighted by molar-refractivity contribution is -0.384. The highest BCUT2D eigenvalue weighted by Gasteiger charge is 2.18. The van der Waals surface area contributed by atoms with Crippen molar-refractivity contribution in [2.24, 2.45) is 5.92 Å². The first kappa shape index (κ1) is 14.8. The lowest BCUT2D eigenvalue weighted by Gasteiger charge is -2.21. The van der Waals surface area contributed by atoms with Crippen molar-refractivity contribution in [1.29, 1.82) is 0 Å². The summed E-state index contributed by atoms with van der Waals surface area (Å²) in [5.41, 5.74) is 0.664. The van der Waals surface area contributed by atoms with E-state index >= 15 is 0 Å². The molecule has 0 aromatic heterocycles. The van der Waals surface area contributed by atoms with Gasteiger partial charge in [0, 0.05) is 6.54 Å². The molecule has 1 saturated carbocycles. The quantitative estimate of drug-likeness (QED) is 0.641. The number of anilines is 1. The number of benzene rings is 1. The summed E-state index contributed by atoms with van der Waals surface area (Å²) in [4.78, 5) is 10.4. The minimum atomic E-state index is -0.536. The van der Waals surface area contributed by atoms with Crippen LogP contribution >= 0.6 is 0 Å². The molecule has 1 fully saturated rings. The van der Waals surface area contributed by atoms with E-state index in [4.69, 9.17) is 0 Å². The number of aryl methyl sites for hydroxylation is 1. The third-order valence-electron chi connectivity index (χ3n) is 4.07. The predicted molar refractivity (Wildman–Crippen MR) is 77.5 cm³/mol. The molecule has 1 aliphatic carbocycles. The van der Waals surface area contributed by atoms with Crippen LogP contribution in [0.5, 0.6) is 0 Å². The lowest BCUT2D eigenvalue weighted by atomic mass is 9.87. The molecule has 4 nitrogen and oxygen atoms in total. The summed E-state index contributed by atoms with van der Waals surface area (Å²) < 4.78 is 13.4. The first-order valence-electron chi connectivity index (χ1n) is 7.26. The fourth-order valence-corrected chi connectivity index (χ4v) is 2.85. The zero-order chi connectivity index (χ0) is 14.5. The van der Waals surface area contributed by atoms with E-state index in [0.29, 0.717) is 17.8 Å². The van der Waals surface area contributed by atoms with E-state index in [1.807, 2.05) is 0 Å². The molecule has 0 aliphatic heterocycles. The molecule has 1 aliphatic rings. The number of halogens is 1. The summed E-state index contributed by atoms with van der Waals surface area (Å²) in [6.07, 6.45) is 7.44. The van der Waals surface area contributed by atoms with Crippen molar-refractivity contribution >= 4 is 11.4 Å². The van der Waals surface area contributed by atoms with Gasteiger partial charge < -0.3 is 5.32 Å². The number of rotatable bonds is 5. The van der Waals surface area contributed by atoms with Gasteiger partial charge in [-0.3, -0.25) is 10.1 Å². The molecule has 1 N–H and O–H groups in total. The largest absolute Gasteiger partial charge is 0.379 e. The minimum Gasteiger partial charge on any atom is -0.379 e. The Hall–Kier alpha value is -1.65. The summed E-state index contributed by atoms with van der Waals surface area (Å²) in [5.74, 6) is 0.186. The van der Waals surface area contributed by atoms with Gasteiger partial charge in [0.1, 0.15) is 11.5 Å². The maximum Gasteiger partial charge on any atom is 0.295 e. The average Bonchev–Trinajstić information content (AvgIpc) is 2.43. The molecule has 0 radical (unpaired) electrons. The molecule has 0 amide bonds. The monoisotopic (exact) mass is 280 g/mol. The summed E-state index contributed by atoms with van der Waals surface area (Å²) in [6, 6.07) is 2.52. The van der Waals surface area contributed by atoms with Crippen LogP contribution in [0.25, 0.3) is 0 Å². The Balaban J connectivity index is 1.97. The summed E-state index contributed by atoms with van der Waals surface area (Å²) in [5, 5.41) is 14.1. The van der Waals surface area contributed by atoms with Crippen LogP contribution < -0.4 is 5.32 Å². The van der Waals surface area contributed by atoms with Crippen LogP contribution in [0.2, 0.25) is 0 Å². The third kappa shape index (κ3) is 3.68. The summed E-state index contributed by atoms with van der Waals surface area (Å²) >= 11 is 0. The van der Waals surface area contributed by atoms with Crippen LogP contribution in [0, 0.1) is 28.8 Å². The zero-order valence-corrected chi connectivity index (χ0v) is 11.8. The Bertz CT molecular complexity index is 485. The average molecular weight is 280 g/mol. The van der Waals surface area contributed by atoms with Crippen molar-refractivity contribution in [3.05, 3.63) is 33.6 Å². The predicted octanol–water partition coefficient (Wildman–Crippen LogP) is 4.42. The Labute approximate surface area is 118 Å². The maximum atomic E-state index is 13.4. The van der Waals surface area contributed by atoms with Gasteiger partial charge in [-0.25, -0.2) is 4.39 Å². The number of hydrogen-bond donors (Lipinski definition) is 1. The molecule has 20 heavy (non-hydrogen) atoms. The van der Waals surface area contributed by atoms with Gasteiger partial charge >= 0.3 is 0 Å². The Morgan fingerprint density at radius 2 is 2.05 bits per heavy atom. The van der Waals surface area contributed by atoms with Crippen molar-refractivity contribution in [2.45, 2.75) is 45.4 Å². The van der Waals surface area contributed by atoms with E-state index in [0.717, 1.165) is 18.4 Å². The normalized spacial score (nSPS) is 16.1. The first-order valence-corrected chi connectivity index (χ1v) is 7.26. The van der Waals surface area contributed by atoms with Crippen LogP contribution in [0.4, 0.5) is 15.8 Å². The highest BCUT2D eigenvalue weighted by molar-refractivity contribution is 5.63. The highest BCUT2D eigenvalue weighted by atomic mass is 19.1. The SMILES string of the molecule is Cc1cc(NCCC2CCCCC2)c([N+](=O)[O-])cc1F. The van der Waals surface area contributed by atoms with Crippen LogP contribution in [0.1, 0.15) is 44.1 Å². The maximum absolute atomic E-state index is 13.4. The summed E-state index contributed by atoms with van der Waals surface area (Å²) in [7, 11) is 0. The molecule has 0 saturated heterocycles. The van der Waals surface area contributed by atoms with Crippen molar-refractivity contribution in [2.75, 3.05) is 11.9 Å². The van der Waals surface area contributed by atoms with Crippen molar-refractivity contribution in [1.82, 2.24) is 0 Å². The highest BCUT2D eigenvalue weighted by Crippen LogP contribution is 2.29. The van der Waals surface area contributed by atoms with Gasteiger partial charge in [0.15, 0.2) is 0 Å². The van der Waals surface area contributed by atoms with E-state index in [-0.39, 0.29) is 5.69 Å². The summed E-state index contributed by atoms with van der Waals surface area (Å²) in [6.45, 7) is 2.32. The molecule has 0 bridgehead atoms.